The summed E-state index contributed by atoms with van der Waals surface area (Å²) >= 11 is 0. The fraction of sp³-hybridized carbons (Fsp3) is 0.182. The average Bonchev–Trinajstić information content (AvgIpc) is 2.72. The Labute approximate surface area is 151 Å². The lowest BCUT2D eigenvalue weighted by molar-refractivity contribution is 0.368. The average molecular weight is 345 g/mol. The lowest BCUT2D eigenvalue weighted by Gasteiger charge is -2.45. The Kier molecular flexibility index (Phi) is 4.79. The van der Waals surface area contributed by atoms with Crippen LogP contribution in [0.1, 0.15) is 0 Å². The molecule has 0 unspecified atom stereocenters. The number of nitrogens with zero attached hydrogens (tertiary/aromatic N) is 1. The summed E-state index contributed by atoms with van der Waals surface area (Å²) in [6.07, 6.45) is 0. The maximum absolute atomic E-state index is 3.52. The monoisotopic (exact) mass is 344 g/mol. The van der Waals surface area contributed by atoms with Crippen molar-refractivity contribution in [2.24, 2.45) is 0 Å². The molecule has 0 aromatic heterocycles. The number of rotatable bonds is 4. The summed E-state index contributed by atoms with van der Waals surface area (Å²) in [5.74, 6) is 0. The van der Waals surface area contributed by atoms with Gasteiger partial charge in [0.25, 0.3) is 0 Å². The molecule has 1 heterocycles. The van der Waals surface area contributed by atoms with Gasteiger partial charge in [-0.15, -0.1) is 0 Å². The molecule has 1 fully saturated rings. The summed E-state index contributed by atoms with van der Waals surface area (Å²) in [7, 11) is -2.23. The summed E-state index contributed by atoms with van der Waals surface area (Å²) in [5, 5.41) is 7.92. The van der Waals surface area contributed by atoms with Crippen LogP contribution in [0.2, 0.25) is 0 Å². The fourth-order valence-corrected chi connectivity index (χ4v) is 9.10. The summed E-state index contributed by atoms with van der Waals surface area (Å²) in [6, 6.07) is 33.4. The highest BCUT2D eigenvalue weighted by Crippen LogP contribution is 2.14. The van der Waals surface area contributed by atoms with Crippen molar-refractivity contribution >= 4 is 23.8 Å². The Hall–Kier alpha value is -2.20. The molecule has 126 valence electrons. The lowest BCUT2D eigenvalue weighted by Crippen LogP contribution is -2.79. The maximum atomic E-state index is 3.52. The van der Waals surface area contributed by atoms with E-state index in [1.165, 1.54) is 15.6 Å². The van der Waals surface area contributed by atoms with Crippen molar-refractivity contribution in [2.75, 3.05) is 26.2 Å². The number of hydrogen-bond donors (Lipinski definition) is 1. The van der Waals surface area contributed by atoms with Crippen LogP contribution in [0.25, 0.3) is 0 Å². The first-order chi connectivity index (χ1) is 12.4. The molecular formula is C22H24N2Si. The van der Waals surface area contributed by atoms with Gasteiger partial charge in [0.1, 0.15) is 0 Å². The molecule has 0 amide bonds. The van der Waals surface area contributed by atoms with Crippen LogP contribution in [0, 0.1) is 0 Å². The third-order valence-electron chi connectivity index (χ3n) is 5.17. The summed E-state index contributed by atoms with van der Waals surface area (Å²) in [5.41, 5.74) is 0. The molecule has 0 aliphatic carbocycles. The zero-order chi connectivity index (χ0) is 17.0. The number of benzene rings is 3. The molecule has 3 aromatic rings. The molecule has 25 heavy (non-hydrogen) atoms. The van der Waals surface area contributed by atoms with E-state index in [2.05, 4.69) is 101 Å². The molecule has 0 radical (unpaired) electrons. The predicted octanol–water partition coefficient (Wildman–Crippen LogP) is 1.56. The van der Waals surface area contributed by atoms with Gasteiger partial charge < -0.3 is 9.88 Å². The Morgan fingerprint density at radius 3 is 1.28 bits per heavy atom. The first-order valence-electron chi connectivity index (χ1n) is 9.05. The second kappa shape index (κ2) is 7.36. The maximum Gasteiger partial charge on any atom is 0.225 e. The van der Waals surface area contributed by atoms with E-state index >= 15 is 0 Å². The molecule has 1 saturated heterocycles. The lowest BCUT2D eigenvalue weighted by atomic mass is 10.3. The van der Waals surface area contributed by atoms with E-state index in [9.17, 15) is 0 Å². The standard InChI is InChI=1S/C22H24N2Si/c1-4-10-20(11-5-1)25(21-12-6-2-7-13-21,22-14-8-3-9-15-22)24-18-16-23-17-19-24/h1-15,23H,16-19H2. The van der Waals surface area contributed by atoms with Gasteiger partial charge in [-0.3, -0.25) is 0 Å². The Morgan fingerprint density at radius 1 is 0.560 bits per heavy atom. The van der Waals surface area contributed by atoms with E-state index in [-0.39, 0.29) is 0 Å². The van der Waals surface area contributed by atoms with Crippen molar-refractivity contribution in [3.05, 3.63) is 91.0 Å². The Balaban J connectivity index is 2.01. The second-order valence-electron chi connectivity index (χ2n) is 6.55. The predicted molar refractivity (Wildman–Crippen MR) is 108 cm³/mol. The van der Waals surface area contributed by atoms with Gasteiger partial charge in [-0.1, -0.05) is 91.0 Å². The van der Waals surface area contributed by atoms with Crippen LogP contribution >= 0.6 is 0 Å². The molecule has 1 aliphatic heterocycles. The molecule has 1 aliphatic rings. The van der Waals surface area contributed by atoms with E-state index in [1.54, 1.807) is 0 Å². The third-order valence-corrected chi connectivity index (χ3v) is 10.1. The first kappa shape index (κ1) is 16.3. The minimum Gasteiger partial charge on any atom is -0.314 e. The third kappa shape index (κ3) is 2.95. The van der Waals surface area contributed by atoms with Gasteiger partial charge in [-0.05, 0) is 15.6 Å². The molecule has 0 saturated carbocycles. The van der Waals surface area contributed by atoms with E-state index in [0.717, 1.165) is 26.2 Å². The normalized spacial score (nSPS) is 15.8. The first-order valence-corrected chi connectivity index (χ1v) is 11.0. The van der Waals surface area contributed by atoms with Crippen molar-refractivity contribution in [3.8, 4) is 0 Å². The molecule has 4 rings (SSSR count). The Bertz CT molecular complexity index is 687. The topological polar surface area (TPSA) is 15.3 Å². The molecule has 3 heteroatoms. The summed E-state index contributed by atoms with van der Waals surface area (Å²) in [6.45, 7) is 4.29. The van der Waals surface area contributed by atoms with Crippen molar-refractivity contribution < 1.29 is 0 Å². The number of hydrogen-bond acceptors (Lipinski definition) is 2. The van der Waals surface area contributed by atoms with E-state index < -0.39 is 8.24 Å². The van der Waals surface area contributed by atoms with Gasteiger partial charge in [0.2, 0.25) is 8.24 Å². The molecule has 0 atom stereocenters. The van der Waals surface area contributed by atoms with Gasteiger partial charge in [-0.2, -0.15) is 0 Å². The van der Waals surface area contributed by atoms with E-state index in [4.69, 9.17) is 0 Å². The highest BCUT2D eigenvalue weighted by atomic mass is 28.3. The van der Waals surface area contributed by atoms with Crippen LogP contribution in [-0.4, -0.2) is 39.0 Å². The number of piperazine rings is 1. The molecule has 1 N–H and O–H groups in total. The van der Waals surface area contributed by atoms with Gasteiger partial charge in [0, 0.05) is 26.2 Å². The highest BCUT2D eigenvalue weighted by Gasteiger charge is 2.45. The van der Waals surface area contributed by atoms with Gasteiger partial charge in [0.05, 0.1) is 0 Å². The zero-order valence-electron chi connectivity index (χ0n) is 14.4. The SMILES string of the molecule is c1ccc([Si](c2ccccc2)(c2ccccc2)N2CCNCC2)cc1. The molecule has 3 aromatic carbocycles. The summed E-state index contributed by atoms with van der Waals surface area (Å²) in [4.78, 5) is 0. The van der Waals surface area contributed by atoms with Crippen molar-refractivity contribution in [2.45, 2.75) is 0 Å². The second-order valence-corrected chi connectivity index (χ2v) is 10.3. The fourth-order valence-electron chi connectivity index (χ4n) is 4.09. The van der Waals surface area contributed by atoms with Crippen LogP contribution < -0.4 is 20.9 Å². The Morgan fingerprint density at radius 2 is 0.920 bits per heavy atom. The van der Waals surface area contributed by atoms with Gasteiger partial charge in [-0.25, -0.2) is 0 Å². The van der Waals surface area contributed by atoms with Crippen molar-refractivity contribution in [1.29, 1.82) is 0 Å². The largest absolute Gasteiger partial charge is 0.314 e. The van der Waals surface area contributed by atoms with Crippen LogP contribution in [0.5, 0.6) is 0 Å². The zero-order valence-corrected chi connectivity index (χ0v) is 15.4. The van der Waals surface area contributed by atoms with Crippen LogP contribution in [0.15, 0.2) is 91.0 Å². The van der Waals surface area contributed by atoms with Crippen LogP contribution in [0.3, 0.4) is 0 Å². The van der Waals surface area contributed by atoms with Crippen LogP contribution in [-0.2, 0) is 0 Å². The van der Waals surface area contributed by atoms with Crippen LogP contribution in [0.4, 0.5) is 0 Å². The van der Waals surface area contributed by atoms with E-state index in [1.807, 2.05) is 0 Å². The van der Waals surface area contributed by atoms with Gasteiger partial charge >= 0.3 is 0 Å². The summed E-state index contributed by atoms with van der Waals surface area (Å²) < 4.78 is 2.77. The van der Waals surface area contributed by atoms with Crippen molar-refractivity contribution in [1.82, 2.24) is 9.88 Å². The quantitative estimate of drug-likeness (QED) is 0.571. The molecule has 0 spiro atoms. The highest BCUT2D eigenvalue weighted by molar-refractivity contribution is 7.09. The smallest absolute Gasteiger partial charge is 0.225 e. The number of nitrogens with one attached hydrogen (secondary N) is 1. The molecular weight excluding hydrogens is 320 g/mol. The molecule has 0 bridgehead atoms. The molecule has 2 nitrogen and oxygen atoms in total. The van der Waals surface area contributed by atoms with Gasteiger partial charge in [0.15, 0.2) is 0 Å². The van der Waals surface area contributed by atoms with E-state index in [0.29, 0.717) is 0 Å². The van der Waals surface area contributed by atoms with Crippen molar-refractivity contribution in [3.63, 3.8) is 0 Å². The minimum atomic E-state index is -2.23. The minimum absolute atomic E-state index is 1.06.